The number of hydrogen-bond acceptors (Lipinski definition) is 6. The molecule has 0 saturated heterocycles. The SMILES string of the molecule is CC(C)C1=NN(CC(=O)Nc2ncccn2)C(=C2CCC2)c2sc(C3CC3)cc21. The van der Waals surface area contributed by atoms with Gasteiger partial charge < -0.3 is 0 Å². The Morgan fingerprint density at radius 1 is 1.28 bits per heavy atom. The van der Waals surface area contributed by atoms with Crippen molar-refractivity contribution in [3.05, 3.63) is 45.4 Å². The van der Waals surface area contributed by atoms with E-state index in [9.17, 15) is 4.79 Å². The van der Waals surface area contributed by atoms with Gasteiger partial charge in [-0.15, -0.1) is 11.3 Å². The maximum absolute atomic E-state index is 12.7. The van der Waals surface area contributed by atoms with Crippen LogP contribution in [0.25, 0.3) is 5.70 Å². The van der Waals surface area contributed by atoms with Crippen molar-refractivity contribution < 1.29 is 4.79 Å². The van der Waals surface area contributed by atoms with E-state index in [-0.39, 0.29) is 12.5 Å². The van der Waals surface area contributed by atoms with E-state index in [4.69, 9.17) is 5.10 Å². The first-order valence-electron chi connectivity index (χ1n) is 10.4. The van der Waals surface area contributed by atoms with Crippen LogP contribution in [0.15, 0.2) is 35.2 Å². The van der Waals surface area contributed by atoms with Crippen LogP contribution in [-0.4, -0.2) is 33.1 Å². The van der Waals surface area contributed by atoms with E-state index in [0.717, 1.165) is 30.2 Å². The van der Waals surface area contributed by atoms with E-state index in [0.29, 0.717) is 11.9 Å². The number of allylic oxidation sites excluding steroid dienone is 1. The van der Waals surface area contributed by atoms with Gasteiger partial charge in [-0.2, -0.15) is 5.10 Å². The Labute approximate surface area is 174 Å². The van der Waals surface area contributed by atoms with Gasteiger partial charge in [0.1, 0.15) is 6.54 Å². The molecule has 3 aliphatic rings. The number of nitrogens with zero attached hydrogens (tertiary/aromatic N) is 4. The summed E-state index contributed by atoms with van der Waals surface area (Å²) in [5, 5.41) is 9.70. The van der Waals surface area contributed by atoms with Gasteiger partial charge in [-0.25, -0.2) is 9.97 Å². The van der Waals surface area contributed by atoms with Crippen molar-refractivity contribution in [2.45, 2.75) is 51.9 Å². The molecular weight excluding hydrogens is 382 g/mol. The molecule has 2 saturated carbocycles. The fourth-order valence-electron chi connectivity index (χ4n) is 3.83. The van der Waals surface area contributed by atoms with Gasteiger partial charge in [-0.1, -0.05) is 13.8 Å². The minimum absolute atomic E-state index is 0.150. The Bertz CT molecular complexity index is 997. The van der Waals surface area contributed by atoms with Crippen molar-refractivity contribution in [3.63, 3.8) is 0 Å². The molecule has 1 amide bonds. The van der Waals surface area contributed by atoms with Crippen LogP contribution in [0.2, 0.25) is 0 Å². The van der Waals surface area contributed by atoms with Gasteiger partial charge in [-0.05, 0) is 61.6 Å². The predicted octanol–water partition coefficient (Wildman–Crippen LogP) is 4.62. The largest absolute Gasteiger partial charge is 0.293 e. The molecule has 0 spiro atoms. The van der Waals surface area contributed by atoms with Gasteiger partial charge >= 0.3 is 0 Å². The first-order chi connectivity index (χ1) is 14.1. The molecule has 7 heteroatoms. The zero-order valence-corrected chi connectivity index (χ0v) is 17.6. The number of nitrogens with one attached hydrogen (secondary N) is 1. The Balaban J connectivity index is 1.49. The molecule has 2 aliphatic carbocycles. The zero-order valence-electron chi connectivity index (χ0n) is 16.8. The summed E-state index contributed by atoms with van der Waals surface area (Å²) in [6.45, 7) is 4.52. The third-order valence-electron chi connectivity index (χ3n) is 5.66. The van der Waals surface area contributed by atoms with Crippen LogP contribution < -0.4 is 5.32 Å². The number of fused-ring (bicyclic) bond motifs is 1. The van der Waals surface area contributed by atoms with E-state index in [1.807, 2.05) is 16.3 Å². The first kappa shape index (κ1) is 18.5. The third-order valence-corrected chi connectivity index (χ3v) is 6.96. The molecule has 0 unspecified atom stereocenters. The maximum Gasteiger partial charge on any atom is 0.248 e. The van der Waals surface area contributed by atoms with Crippen LogP contribution in [0, 0.1) is 5.92 Å². The fourth-order valence-corrected chi connectivity index (χ4v) is 5.27. The second kappa shape index (κ2) is 7.37. The van der Waals surface area contributed by atoms with E-state index in [1.54, 1.807) is 18.5 Å². The van der Waals surface area contributed by atoms with Gasteiger partial charge in [0.15, 0.2) is 0 Å². The van der Waals surface area contributed by atoms with Crippen molar-refractivity contribution in [1.82, 2.24) is 15.0 Å². The summed E-state index contributed by atoms with van der Waals surface area (Å²) in [5.74, 6) is 1.20. The van der Waals surface area contributed by atoms with Crippen LogP contribution in [-0.2, 0) is 4.79 Å². The molecule has 1 aliphatic heterocycles. The second-order valence-electron chi connectivity index (χ2n) is 8.29. The third kappa shape index (κ3) is 3.59. The van der Waals surface area contributed by atoms with Gasteiger partial charge in [0.2, 0.25) is 11.9 Å². The summed E-state index contributed by atoms with van der Waals surface area (Å²) in [6, 6.07) is 4.10. The molecule has 3 heterocycles. The predicted molar refractivity (Wildman–Crippen MR) is 116 cm³/mol. The molecule has 0 atom stereocenters. The zero-order chi connectivity index (χ0) is 20.0. The highest BCUT2D eigenvalue weighted by molar-refractivity contribution is 7.13. The molecule has 0 bridgehead atoms. The molecule has 0 radical (unpaired) electrons. The molecule has 2 aromatic heterocycles. The number of hydrogen-bond donors (Lipinski definition) is 1. The van der Waals surface area contributed by atoms with Crippen LogP contribution >= 0.6 is 11.3 Å². The lowest BCUT2D eigenvalue weighted by atomic mass is 9.87. The topological polar surface area (TPSA) is 70.5 Å². The van der Waals surface area contributed by atoms with Crippen LogP contribution in [0.4, 0.5) is 5.95 Å². The Hall–Kier alpha value is -2.54. The number of carbonyl (C=O) groups is 1. The number of thiophene rings is 1. The average molecular weight is 408 g/mol. The van der Waals surface area contributed by atoms with E-state index in [1.165, 1.54) is 40.2 Å². The maximum atomic E-state index is 12.7. The number of rotatable bonds is 5. The van der Waals surface area contributed by atoms with Crippen LogP contribution in [0.3, 0.4) is 0 Å². The summed E-state index contributed by atoms with van der Waals surface area (Å²) < 4.78 is 0. The minimum atomic E-state index is -0.150. The molecule has 1 N–H and O–H groups in total. The van der Waals surface area contributed by atoms with Gasteiger partial charge in [-0.3, -0.25) is 15.1 Å². The molecule has 29 heavy (non-hydrogen) atoms. The molecule has 5 rings (SSSR count). The van der Waals surface area contributed by atoms with Crippen molar-refractivity contribution in [2.24, 2.45) is 11.0 Å². The lowest BCUT2D eigenvalue weighted by Crippen LogP contribution is -2.34. The summed E-state index contributed by atoms with van der Waals surface area (Å²) in [7, 11) is 0. The Morgan fingerprint density at radius 3 is 2.66 bits per heavy atom. The molecule has 0 aromatic carbocycles. The molecular formula is C22H25N5OS. The monoisotopic (exact) mass is 407 g/mol. The Kier molecular flexibility index (Phi) is 4.70. The minimum Gasteiger partial charge on any atom is -0.293 e. The summed E-state index contributed by atoms with van der Waals surface area (Å²) in [6.07, 6.45) is 9.24. The second-order valence-corrected chi connectivity index (χ2v) is 9.37. The lowest BCUT2D eigenvalue weighted by molar-refractivity contribution is -0.116. The molecule has 6 nitrogen and oxygen atoms in total. The number of anilines is 1. The van der Waals surface area contributed by atoms with E-state index >= 15 is 0 Å². The van der Waals surface area contributed by atoms with Crippen LogP contribution in [0.5, 0.6) is 0 Å². The number of amides is 1. The van der Waals surface area contributed by atoms with E-state index in [2.05, 4.69) is 35.2 Å². The van der Waals surface area contributed by atoms with Crippen molar-refractivity contribution in [3.8, 4) is 0 Å². The number of hydrazone groups is 1. The smallest absolute Gasteiger partial charge is 0.248 e. The molecule has 150 valence electrons. The summed E-state index contributed by atoms with van der Waals surface area (Å²) in [4.78, 5) is 23.7. The first-order valence-corrected chi connectivity index (χ1v) is 11.2. The van der Waals surface area contributed by atoms with Crippen molar-refractivity contribution in [1.29, 1.82) is 0 Å². The quantitative estimate of drug-likeness (QED) is 0.785. The number of carbonyl (C=O) groups excluding carboxylic acids is 1. The normalized spacial score (nSPS) is 18.4. The molecule has 2 fully saturated rings. The van der Waals surface area contributed by atoms with Crippen LogP contribution in [0.1, 0.15) is 67.2 Å². The standard InChI is InChI=1S/C22H25N5OS/c1-13(2)19-16-11-17(14-7-8-14)29-21(16)20(15-5-3-6-15)27(26-19)12-18(28)25-22-23-9-4-10-24-22/h4,9-11,13-14H,3,5-8,12H2,1-2H3,(H,23,24,25,28). The van der Waals surface area contributed by atoms with Gasteiger partial charge in [0.25, 0.3) is 0 Å². The highest BCUT2D eigenvalue weighted by atomic mass is 32.1. The van der Waals surface area contributed by atoms with Crippen molar-refractivity contribution in [2.75, 3.05) is 11.9 Å². The van der Waals surface area contributed by atoms with Crippen molar-refractivity contribution >= 4 is 34.6 Å². The van der Waals surface area contributed by atoms with E-state index < -0.39 is 0 Å². The highest BCUT2D eigenvalue weighted by Gasteiger charge is 2.35. The fraction of sp³-hybridized carbons (Fsp3) is 0.455. The highest BCUT2D eigenvalue weighted by Crippen LogP contribution is 2.49. The van der Waals surface area contributed by atoms with Gasteiger partial charge in [0.05, 0.1) is 16.3 Å². The summed E-state index contributed by atoms with van der Waals surface area (Å²) in [5.41, 5.74) is 4.95. The summed E-state index contributed by atoms with van der Waals surface area (Å²) >= 11 is 1.91. The molecule has 2 aromatic rings. The Morgan fingerprint density at radius 2 is 2.03 bits per heavy atom. The lowest BCUT2D eigenvalue weighted by Gasteiger charge is -2.33. The van der Waals surface area contributed by atoms with Gasteiger partial charge in [0, 0.05) is 22.8 Å². The number of aromatic nitrogens is 2. The average Bonchev–Trinajstić information content (AvgIpc) is 3.41.